The Morgan fingerprint density at radius 1 is 1.06 bits per heavy atom. The number of carbonyl (C=O) groups is 1. The Balaban J connectivity index is 1.39. The van der Waals surface area contributed by atoms with Gasteiger partial charge in [0.15, 0.2) is 0 Å². The maximum absolute atomic E-state index is 11.9. The third-order valence-electron chi connectivity index (χ3n) is 5.83. The van der Waals surface area contributed by atoms with Crippen LogP contribution in [0.15, 0.2) is 91.0 Å². The maximum Gasteiger partial charge on any atom is 0.147 e. The molecule has 0 saturated carbocycles. The minimum atomic E-state index is 0.0592. The van der Waals surface area contributed by atoms with E-state index in [4.69, 9.17) is 4.74 Å². The van der Waals surface area contributed by atoms with Crippen LogP contribution < -0.4 is 10.1 Å². The van der Waals surface area contributed by atoms with Gasteiger partial charge in [0, 0.05) is 24.5 Å². The first-order valence-corrected chi connectivity index (χ1v) is 10.5. The number of aldehydes is 1. The molecule has 5 rings (SSSR count). The largest absolute Gasteiger partial charge is 0.495 e. The lowest BCUT2D eigenvalue weighted by Gasteiger charge is -2.16. The minimum absolute atomic E-state index is 0.0592. The van der Waals surface area contributed by atoms with Gasteiger partial charge in [-0.1, -0.05) is 54.6 Å². The number of methoxy groups -OCH3 is 1. The first-order chi connectivity index (χ1) is 15.8. The number of nitrogens with zero attached hydrogens (tertiary/aromatic N) is 2. The summed E-state index contributed by atoms with van der Waals surface area (Å²) in [5, 5.41) is 3.58. The van der Waals surface area contributed by atoms with E-state index in [2.05, 4.69) is 58.8 Å². The summed E-state index contributed by atoms with van der Waals surface area (Å²) in [6, 6.07) is 22.8. The summed E-state index contributed by atoms with van der Waals surface area (Å²) in [5.74, 6) is 0.716. The van der Waals surface area contributed by atoms with Crippen LogP contribution in [-0.2, 0) is 4.79 Å². The highest BCUT2D eigenvalue weighted by Crippen LogP contribution is 2.43. The normalized spacial score (nSPS) is 13.0. The van der Waals surface area contributed by atoms with Crippen molar-refractivity contribution < 1.29 is 9.53 Å². The summed E-state index contributed by atoms with van der Waals surface area (Å²) in [6.07, 6.45) is 8.13. The fourth-order valence-electron chi connectivity index (χ4n) is 4.34. The number of hydrogen-bond acceptors (Lipinski definition) is 4. The van der Waals surface area contributed by atoms with E-state index in [1.165, 1.54) is 22.3 Å². The summed E-state index contributed by atoms with van der Waals surface area (Å²) >= 11 is 0. The smallest absolute Gasteiger partial charge is 0.147 e. The van der Waals surface area contributed by atoms with E-state index in [0.717, 1.165) is 17.5 Å². The van der Waals surface area contributed by atoms with Crippen molar-refractivity contribution in [3.63, 3.8) is 0 Å². The Hall–Kier alpha value is -3.96. The van der Waals surface area contributed by atoms with Crippen molar-refractivity contribution in [2.45, 2.75) is 6.04 Å². The number of aromatic nitrogens is 2. The predicted molar refractivity (Wildman–Crippen MR) is 126 cm³/mol. The van der Waals surface area contributed by atoms with E-state index in [1.807, 2.05) is 35.0 Å². The number of rotatable bonds is 7. The Labute approximate surface area is 187 Å². The predicted octanol–water partition coefficient (Wildman–Crippen LogP) is 4.82. The summed E-state index contributed by atoms with van der Waals surface area (Å²) in [4.78, 5) is 16.0. The molecule has 1 aliphatic carbocycles. The van der Waals surface area contributed by atoms with Crippen molar-refractivity contribution in [1.82, 2.24) is 14.9 Å². The van der Waals surface area contributed by atoms with Gasteiger partial charge in [0.1, 0.15) is 12.0 Å². The first-order valence-electron chi connectivity index (χ1n) is 10.5. The van der Waals surface area contributed by atoms with Gasteiger partial charge in [-0.05, 0) is 46.0 Å². The van der Waals surface area contributed by atoms with Gasteiger partial charge < -0.3 is 14.6 Å². The fourth-order valence-corrected chi connectivity index (χ4v) is 4.34. The first kappa shape index (κ1) is 20.0. The average molecular weight is 422 g/mol. The molecule has 1 aliphatic rings. The highest BCUT2D eigenvalue weighted by molar-refractivity contribution is 5.83. The van der Waals surface area contributed by atoms with Crippen LogP contribution in [0, 0.1) is 0 Å². The summed E-state index contributed by atoms with van der Waals surface area (Å²) < 4.78 is 7.45. The van der Waals surface area contributed by atoms with E-state index in [1.54, 1.807) is 19.6 Å². The molecule has 0 fully saturated rings. The highest BCUT2D eigenvalue weighted by atomic mass is 16.5. The van der Waals surface area contributed by atoms with Crippen LogP contribution in [0.4, 0.5) is 0 Å². The maximum atomic E-state index is 11.9. The fraction of sp³-hybridized carbons (Fsp3) is 0.111. The zero-order chi connectivity index (χ0) is 21.9. The van der Waals surface area contributed by atoms with Crippen LogP contribution in [0.1, 0.15) is 22.7 Å². The highest BCUT2D eigenvalue weighted by Gasteiger charge is 2.27. The molecule has 1 aromatic heterocycles. The SMILES string of the molecule is COc1cc(/C=C(/C=O)CNC2c3ccccc3-c3ccccc32)ccc1-n1ccnc1. The number of nitrogens with one attached hydrogen (secondary N) is 1. The van der Waals surface area contributed by atoms with E-state index in [9.17, 15) is 4.79 Å². The van der Waals surface area contributed by atoms with Crippen molar-refractivity contribution in [2.24, 2.45) is 0 Å². The Morgan fingerprint density at radius 2 is 1.78 bits per heavy atom. The quantitative estimate of drug-likeness (QED) is 0.343. The zero-order valence-corrected chi connectivity index (χ0v) is 17.7. The summed E-state index contributed by atoms with van der Waals surface area (Å²) in [7, 11) is 1.64. The van der Waals surface area contributed by atoms with E-state index >= 15 is 0 Å². The third-order valence-corrected chi connectivity index (χ3v) is 5.83. The lowest BCUT2D eigenvalue weighted by atomic mass is 10.0. The van der Waals surface area contributed by atoms with Gasteiger partial charge in [-0.2, -0.15) is 0 Å². The molecule has 32 heavy (non-hydrogen) atoms. The number of imidazole rings is 1. The molecule has 0 amide bonds. The number of hydrogen-bond donors (Lipinski definition) is 1. The Kier molecular flexibility index (Phi) is 5.40. The van der Waals surface area contributed by atoms with Crippen molar-refractivity contribution in [3.05, 3.63) is 108 Å². The lowest BCUT2D eigenvalue weighted by Crippen LogP contribution is -2.23. The Bertz CT molecular complexity index is 1250. The molecule has 5 heteroatoms. The second kappa shape index (κ2) is 8.65. The molecule has 0 unspecified atom stereocenters. The van der Waals surface area contributed by atoms with Crippen molar-refractivity contribution in [1.29, 1.82) is 0 Å². The lowest BCUT2D eigenvalue weighted by molar-refractivity contribution is -0.104. The topological polar surface area (TPSA) is 56.1 Å². The van der Waals surface area contributed by atoms with Crippen molar-refractivity contribution in [2.75, 3.05) is 13.7 Å². The summed E-state index contributed by atoms with van der Waals surface area (Å²) in [6.45, 7) is 0.461. The molecule has 0 bridgehead atoms. The molecule has 1 heterocycles. The van der Waals surface area contributed by atoms with Gasteiger partial charge >= 0.3 is 0 Å². The van der Waals surface area contributed by atoms with Crippen LogP contribution in [-0.4, -0.2) is 29.5 Å². The summed E-state index contributed by atoms with van der Waals surface area (Å²) in [5.41, 5.74) is 7.45. The Morgan fingerprint density at radius 3 is 2.41 bits per heavy atom. The van der Waals surface area contributed by atoms with Gasteiger partial charge in [0.05, 0.1) is 25.2 Å². The molecule has 1 N–H and O–H groups in total. The second-order valence-electron chi connectivity index (χ2n) is 7.73. The molecule has 0 spiro atoms. The van der Waals surface area contributed by atoms with E-state index in [0.29, 0.717) is 17.9 Å². The van der Waals surface area contributed by atoms with E-state index < -0.39 is 0 Å². The van der Waals surface area contributed by atoms with Gasteiger partial charge in [-0.3, -0.25) is 4.79 Å². The van der Waals surface area contributed by atoms with Crippen LogP contribution in [0.3, 0.4) is 0 Å². The van der Waals surface area contributed by atoms with Crippen LogP contribution in [0.5, 0.6) is 5.75 Å². The van der Waals surface area contributed by atoms with Crippen molar-refractivity contribution in [3.8, 4) is 22.6 Å². The van der Waals surface area contributed by atoms with Crippen LogP contribution in [0.25, 0.3) is 22.9 Å². The van der Waals surface area contributed by atoms with E-state index in [-0.39, 0.29) is 6.04 Å². The molecule has 0 atom stereocenters. The molecule has 3 aromatic carbocycles. The van der Waals surface area contributed by atoms with Gasteiger partial charge in [0.25, 0.3) is 0 Å². The van der Waals surface area contributed by atoms with Gasteiger partial charge in [-0.25, -0.2) is 4.98 Å². The minimum Gasteiger partial charge on any atom is -0.495 e. The molecule has 0 saturated heterocycles. The standard InChI is InChI=1S/C27H23N3O2/c1-32-26-15-19(10-11-25(26)30-13-12-28-18-30)14-20(17-31)16-29-27-23-8-4-2-6-21(23)22-7-3-5-9-24(22)27/h2-15,17-18,27,29H,16H2,1H3/b20-14+. The molecule has 4 aromatic rings. The molecular formula is C27H23N3O2. The average Bonchev–Trinajstić information content (AvgIpc) is 3.48. The molecular weight excluding hydrogens is 398 g/mol. The van der Waals surface area contributed by atoms with Gasteiger partial charge in [0.2, 0.25) is 0 Å². The monoisotopic (exact) mass is 421 g/mol. The van der Waals surface area contributed by atoms with Crippen LogP contribution >= 0.6 is 0 Å². The second-order valence-corrected chi connectivity index (χ2v) is 7.73. The number of ether oxygens (including phenoxy) is 1. The number of carbonyl (C=O) groups excluding carboxylic acids is 1. The molecule has 0 radical (unpaired) electrons. The van der Waals surface area contributed by atoms with Crippen LogP contribution in [0.2, 0.25) is 0 Å². The molecule has 0 aliphatic heterocycles. The number of benzene rings is 3. The third kappa shape index (κ3) is 3.63. The van der Waals surface area contributed by atoms with Crippen molar-refractivity contribution >= 4 is 12.4 Å². The zero-order valence-electron chi connectivity index (χ0n) is 17.7. The molecule has 158 valence electrons. The number of fused-ring (bicyclic) bond motifs is 3. The van der Waals surface area contributed by atoms with Gasteiger partial charge in [-0.15, -0.1) is 0 Å². The molecule has 5 nitrogen and oxygen atoms in total.